The van der Waals surface area contributed by atoms with Gasteiger partial charge in [-0.25, -0.2) is 0 Å². The molecule has 1 heteroatoms. The first-order valence-corrected chi connectivity index (χ1v) is 4.94. The SMILES string of the molecule is CC(C)C12CCC(CNC1)C2. The topological polar surface area (TPSA) is 12.0 Å². The number of fused-ring (bicyclic) bond motifs is 2. The highest BCUT2D eigenvalue weighted by atomic mass is 14.9. The van der Waals surface area contributed by atoms with Crippen LogP contribution >= 0.6 is 0 Å². The lowest BCUT2D eigenvalue weighted by molar-refractivity contribution is 0.157. The van der Waals surface area contributed by atoms with Crippen molar-refractivity contribution in [3.8, 4) is 0 Å². The van der Waals surface area contributed by atoms with Gasteiger partial charge >= 0.3 is 0 Å². The lowest BCUT2D eigenvalue weighted by Crippen LogP contribution is -2.42. The molecule has 0 aromatic heterocycles. The van der Waals surface area contributed by atoms with Gasteiger partial charge in [-0.1, -0.05) is 13.8 Å². The Hall–Kier alpha value is -0.0400. The molecule has 1 nitrogen and oxygen atoms in total. The first-order chi connectivity index (χ1) is 5.23. The summed E-state index contributed by atoms with van der Waals surface area (Å²) in [6.45, 7) is 7.33. The average Bonchev–Trinajstić information content (AvgIpc) is 2.29. The van der Waals surface area contributed by atoms with Gasteiger partial charge in [0.1, 0.15) is 0 Å². The van der Waals surface area contributed by atoms with Crippen molar-refractivity contribution in [3.05, 3.63) is 0 Å². The number of piperidine rings is 1. The normalized spacial score (nSPS) is 43.4. The Morgan fingerprint density at radius 1 is 1.45 bits per heavy atom. The van der Waals surface area contributed by atoms with Gasteiger partial charge in [0.05, 0.1) is 0 Å². The van der Waals surface area contributed by atoms with Crippen LogP contribution in [0.15, 0.2) is 0 Å². The lowest BCUT2D eigenvalue weighted by atomic mass is 9.74. The third-order valence-corrected chi connectivity index (χ3v) is 3.88. The van der Waals surface area contributed by atoms with Gasteiger partial charge in [-0.15, -0.1) is 0 Å². The summed E-state index contributed by atoms with van der Waals surface area (Å²) < 4.78 is 0. The summed E-state index contributed by atoms with van der Waals surface area (Å²) in [5.74, 6) is 1.88. The molecule has 1 saturated heterocycles. The van der Waals surface area contributed by atoms with E-state index in [-0.39, 0.29) is 0 Å². The van der Waals surface area contributed by atoms with Crippen molar-refractivity contribution in [1.82, 2.24) is 5.32 Å². The van der Waals surface area contributed by atoms with E-state index in [1.54, 1.807) is 0 Å². The van der Waals surface area contributed by atoms with E-state index in [0.717, 1.165) is 11.8 Å². The second-order valence-electron chi connectivity index (χ2n) is 4.76. The van der Waals surface area contributed by atoms with E-state index in [4.69, 9.17) is 0 Å². The minimum absolute atomic E-state index is 0.683. The van der Waals surface area contributed by atoms with Crippen LogP contribution in [0.25, 0.3) is 0 Å². The molecule has 1 saturated carbocycles. The van der Waals surface area contributed by atoms with Gasteiger partial charge in [0.15, 0.2) is 0 Å². The van der Waals surface area contributed by atoms with Crippen LogP contribution in [-0.4, -0.2) is 13.1 Å². The molecule has 0 aromatic carbocycles. The Balaban J connectivity index is 2.13. The fourth-order valence-corrected chi connectivity index (χ4v) is 2.86. The van der Waals surface area contributed by atoms with Crippen LogP contribution in [-0.2, 0) is 0 Å². The van der Waals surface area contributed by atoms with E-state index >= 15 is 0 Å². The minimum Gasteiger partial charge on any atom is -0.316 e. The molecule has 2 rings (SSSR count). The maximum atomic E-state index is 3.57. The highest BCUT2D eigenvalue weighted by molar-refractivity contribution is 4.96. The average molecular weight is 153 g/mol. The molecule has 2 aliphatic rings. The summed E-state index contributed by atoms with van der Waals surface area (Å²) in [6, 6.07) is 0. The van der Waals surface area contributed by atoms with Gasteiger partial charge in [0.2, 0.25) is 0 Å². The second kappa shape index (κ2) is 2.48. The quantitative estimate of drug-likeness (QED) is 0.608. The van der Waals surface area contributed by atoms with Crippen LogP contribution in [0.4, 0.5) is 0 Å². The van der Waals surface area contributed by atoms with E-state index in [2.05, 4.69) is 19.2 Å². The monoisotopic (exact) mass is 153 g/mol. The molecular weight excluding hydrogens is 134 g/mol. The number of hydrogen-bond donors (Lipinski definition) is 1. The predicted molar refractivity (Wildman–Crippen MR) is 47.5 cm³/mol. The molecule has 2 bridgehead atoms. The molecule has 2 fully saturated rings. The molecular formula is C10H19N. The van der Waals surface area contributed by atoms with Crippen molar-refractivity contribution >= 4 is 0 Å². The molecule has 64 valence electrons. The highest BCUT2D eigenvalue weighted by Gasteiger charge is 2.43. The molecule has 0 spiro atoms. The Morgan fingerprint density at radius 2 is 2.27 bits per heavy atom. The van der Waals surface area contributed by atoms with E-state index in [1.165, 1.54) is 32.4 Å². The fraction of sp³-hybridized carbons (Fsp3) is 1.00. The molecule has 1 N–H and O–H groups in total. The van der Waals surface area contributed by atoms with Crippen LogP contribution < -0.4 is 5.32 Å². The zero-order valence-corrected chi connectivity index (χ0v) is 7.69. The maximum absolute atomic E-state index is 3.57. The molecule has 1 heterocycles. The van der Waals surface area contributed by atoms with Gasteiger partial charge in [0, 0.05) is 6.54 Å². The second-order valence-corrected chi connectivity index (χ2v) is 4.76. The first-order valence-electron chi connectivity index (χ1n) is 4.94. The maximum Gasteiger partial charge on any atom is 0.00105 e. The van der Waals surface area contributed by atoms with Gasteiger partial charge in [-0.2, -0.15) is 0 Å². The molecule has 1 aliphatic carbocycles. The zero-order chi connectivity index (χ0) is 7.90. The molecule has 2 atom stereocenters. The zero-order valence-electron chi connectivity index (χ0n) is 7.69. The Bertz CT molecular complexity index is 149. The lowest BCUT2D eigenvalue weighted by Gasteiger charge is -2.37. The third-order valence-electron chi connectivity index (χ3n) is 3.88. The van der Waals surface area contributed by atoms with Crippen LogP contribution in [0.1, 0.15) is 33.1 Å². The molecule has 0 radical (unpaired) electrons. The Labute approximate surface area is 69.6 Å². The smallest absolute Gasteiger partial charge is 0.00105 e. The minimum atomic E-state index is 0.683. The van der Waals surface area contributed by atoms with E-state index in [0.29, 0.717) is 5.41 Å². The van der Waals surface area contributed by atoms with E-state index in [1.807, 2.05) is 0 Å². The number of hydrogen-bond acceptors (Lipinski definition) is 1. The molecule has 0 aromatic rings. The van der Waals surface area contributed by atoms with Crippen molar-refractivity contribution in [2.75, 3.05) is 13.1 Å². The van der Waals surface area contributed by atoms with Gasteiger partial charge < -0.3 is 5.32 Å². The molecule has 2 unspecified atom stereocenters. The summed E-state index contributed by atoms with van der Waals surface area (Å²) >= 11 is 0. The van der Waals surface area contributed by atoms with Crippen LogP contribution in [0.3, 0.4) is 0 Å². The Morgan fingerprint density at radius 3 is 2.91 bits per heavy atom. The Kier molecular flexibility index (Phi) is 1.71. The largest absolute Gasteiger partial charge is 0.316 e. The van der Waals surface area contributed by atoms with Crippen LogP contribution in [0.5, 0.6) is 0 Å². The third kappa shape index (κ3) is 1.10. The van der Waals surface area contributed by atoms with Crippen molar-refractivity contribution < 1.29 is 0 Å². The van der Waals surface area contributed by atoms with Gasteiger partial charge in [0.25, 0.3) is 0 Å². The summed E-state index contributed by atoms with van der Waals surface area (Å²) in [5, 5.41) is 3.57. The molecule has 11 heavy (non-hydrogen) atoms. The van der Waals surface area contributed by atoms with Crippen molar-refractivity contribution in [3.63, 3.8) is 0 Å². The van der Waals surface area contributed by atoms with Crippen LogP contribution in [0.2, 0.25) is 0 Å². The standard InChI is InChI=1S/C10H19N/c1-8(2)10-4-3-9(5-10)6-11-7-10/h8-9,11H,3-7H2,1-2H3. The van der Waals surface area contributed by atoms with Crippen molar-refractivity contribution in [1.29, 1.82) is 0 Å². The fourth-order valence-electron chi connectivity index (χ4n) is 2.86. The highest BCUT2D eigenvalue weighted by Crippen LogP contribution is 2.48. The first kappa shape index (κ1) is 7.60. The van der Waals surface area contributed by atoms with Gasteiger partial charge in [-0.05, 0) is 43.1 Å². The summed E-state index contributed by atoms with van der Waals surface area (Å²) in [5.41, 5.74) is 0.683. The molecule has 1 aliphatic heterocycles. The van der Waals surface area contributed by atoms with E-state index in [9.17, 15) is 0 Å². The number of rotatable bonds is 1. The van der Waals surface area contributed by atoms with Gasteiger partial charge in [-0.3, -0.25) is 0 Å². The molecule has 0 amide bonds. The van der Waals surface area contributed by atoms with Crippen molar-refractivity contribution in [2.24, 2.45) is 17.3 Å². The predicted octanol–water partition coefficient (Wildman–Crippen LogP) is 2.03. The number of nitrogens with one attached hydrogen (secondary N) is 1. The van der Waals surface area contributed by atoms with Crippen LogP contribution in [0, 0.1) is 17.3 Å². The van der Waals surface area contributed by atoms with E-state index < -0.39 is 0 Å². The summed E-state index contributed by atoms with van der Waals surface area (Å²) in [6.07, 6.45) is 4.45. The summed E-state index contributed by atoms with van der Waals surface area (Å²) in [7, 11) is 0. The van der Waals surface area contributed by atoms with Crippen molar-refractivity contribution in [2.45, 2.75) is 33.1 Å². The summed E-state index contributed by atoms with van der Waals surface area (Å²) in [4.78, 5) is 0.